The Hall–Kier alpha value is -3.08. The molecule has 1 amide bonds. The highest BCUT2D eigenvalue weighted by atomic mass is 32.2. The quantitative estimate of drug-likeness (QED) is 0.514. The van der Waals surface area contributed by atoms with E-state index in [4.69, 9.17) is 18.6 Å². The third-order valence-corrected chi connectivity index (χ3v) is 6.95. The number of hydrogen-bond donors (Lipinski definition) is 1. The van der Waals surface area contributed by atoms with Gasteiger partial charge in [-0.25, -0.2) is 8.42 Å². The van der Waals surface area contributed by atoms with Crippen LogP contribution in [0.3, 0.4) is 0 Å². The topological polar surface area (TPSA) is 107 Å². The molecule has 0 atom stereocenters. The summed E-state index contributed by atoms with van der Waals surface area (Å²) in [6.07, 6.45) is 0. The molecule has 4 rings (SSSR count). The predicted octanol–water partition coefficient (Wildman–Crippen LogP) is 2.27. The van der Waals surface area contributed by atoms with Gasteiger partial charge in [0.2, 0.25) is 10.0 Å². The van der Waals surface area contributed by atoms with Gasteiger partial charge < -0.3 is 23.9 Å². The first-order chi connectivity index (χ1) is 15.5. The molecule has 0 bridgehead atoms. The molecule has 0 unspecified atom stereocenters. The number of sulfonamides is 1. The lowest BCUT2D eigenvalue weighted by Gasteiger charge is -2.26. The van der Waals surface area contributed by atoms with E-state index in [2.05, 4.69) is 5.32 Å². The van der Waals surface area contributed by atoms with Crippen molar-refractivity contribution in [3.8, 4) is 11.5 Å². The van der Waals surface area contributed by atoms with Crippen LogP contribution in [0.15, 0.2) is 57.8 Å². The van der Waals surface area contributed by atoms with E-state index in [1.165, 1.54) is 16.4 Å². The van der Waals surface area contributed by atoms with E-state index in [9.17, 15) is 13.2 Å². The molecule has 1 saturated heterocycles. The number of methoxy groups -OCH3 is 1. The van der Waals surface area contributed by atoms with Crippen LogP contribution in [0.25, 0.3) is 11.0 Å². The Kier molecular flexibility index (Phi) is 6.63. The molecule has 0 saturated carbocycles. The Balaban J connectivity index is 1.29. The third-order valence-electron chi connectivity index (χ3n) is 5.04. The second kappa shape index (κ2) is 9.60. The number of para-hydroxylation sites is 1. The van der Waals surface area contributed by atoms with Gasteiger partial charge in [-0.2, -0.15) is 4.31 Å². The van der Waals surface area contributed by atoms with Gasteiger partial charge in [0, 0.05) is 18.5 Å². The van der Waals surface area contributed by atoms with Crippen LogP contribution < -0.4 is 14.8 Å². The second-order valence-corrected chi connectivity index (χ2v) is 9.02. The van der Waals surface area contributed by atoms with E-state index in [0.29, 0.717) is 43.4 Å². The van der Waals surface area contributed by atoms with E-state index in [-0.39, 0.29) is 29.7 Å². The predicted molar refractivity (Wildman–Crippen MR) is 117 cm³/mol. The van der Waals surface area contributed by atoms with Crippen LogP contribution in [0.4, 0.5) is 0 Å². The summed E-state index contributed by atoms with van der Waals surface area (Å²) in [5.41, 5.74) is 0.517. The number of carbonyl (C=O) groups is 1. The molecule has 0 radical (unpaired) electrons. The van der Waals surface area contributed by atoms with Crippen LogP contribution >= 0.6 is 0 Å². The molecule has 1 aliphatic rings. The highest BCUT2D eigenvalue weighted by molar-refractivity contribution is 7.89. The number of rotatable bonds is 8. The van der Waals surface area contributed by atoms with Crippen LogP contribution in [0.2, 0.25) is 0 Å². The maximum absolute atomic E-state index is 12.6. The minimum Gasteiger partial charge on any atom is -0.493 e. The maximum Gasteiger partial charge on any atom is 0.287 e. The van der Waals surface area contributed by atoms with Crippen molar-refractivity contribution in [1.82, 2.24) is 9.62 Å². The van der Waals surface area contributed by atoms with E-state index >= 15 is 0 Å². The number of amides is 1. The Labute approximate surface area is 185 Å². The molecular weight excluding hydrogens is 436 g/mol. The van der Waals surface area contributed by atoms with Crippen molar-refractivity contribution < 1.29 is 31.8 Å². The van der Waals surface area contributed by atoms with Gasteiger partial charge in [-0.1, -0.05) is 12.1 Å². The Morgan fingerprint density at radius 1 is 1.12 bits per heavy atom. The zero-order valence-corrected chi connectivity index (χ0v) is 18.4. The third kappa shape index (κ3) is 4.72. The number of nitrogens with one attached hydrogen (secondary N) is 1. The minimum atomic E-state index is -3.54. The van der Waals surface area contributed by atoms with Crippen molar-refractivity contribution in [3.63, 3.8) is 0 Å². The zero-order valence-electron chi connectivity index (χ0n) is 17.6. The summed E-state index contributed by atoms with van der Waals surface area (Å²) in [6.45, 7) is 1.95. The van der Waals surface area contributed by atoms with E-state index in [1.807, 2.05) is 12.1 Å². The van der Waals surface area contributed by atoms with Crippen LogP contribution in [0, 0.1) is 0 Å². The van der Waals surface area contributed by atoms with Crippen LogP contribution in [-0.4, -0.2) is 65.2 Å². The number of fused-ring (bicyclic) bond motifs is 1. The summed E-state index contributed by atoms with van der Waals surface area (Å²) >= 11 is 0. The molecule has 0 spiro atoms. The highest BCUT2D eigenvalue weighted by Gasteiger charge is 2.26. The van der Waals surface area contributed by atoms with E-state index < -0.39 is 10.0 Å². The van der Waals surface area contributed by atoms with Crippen molar-refractivity contribution in [1.29, 1.82) is 0 Å². The van der Waals surface area contributed by atoms with Crippen molar-refractivity contribution in [2.75, 3.05) is 46.6 Å². The summed E-state index contributed by atoms with van der Waals surface area (Å²) < 4.78 is 48.4. The molecule has 3 aromatic rings. The minimum absolute atomic E-state index is 0.183. The summed E-state index contributed by atoms with van der Waals surface area (Å²) in [4.78, 5) is 12.6. The monoisotopic (exact) mass is 460 g/mol. The first-order valence-corrected chi connectivity index (χ1v) is 11.6. The molecule has 32 heavy (non-hydrogen) atoms. The molecule has 2 aromatic carbocycles. The van der Waals surface area contributed by atoms with Gasteiger partial charge in [0.05, 0.1) is 31.8 Å². The number of ether oxygens (including phenoxy) is 3. The summed E-state index contributed by atoms with van der Waals surface area (Å²) in [5, 5.41) is 3.51. The second-order valence-electron chi connectivity index (χ2n) is 7.08. The fourth-order valence-corrected chi connectivity index (χ4v) is 4.78. The SMILES string of the molecule is COc1cccc2cc(C(=O)NCCOc3ccc(S(=O)(=O)N4CCOCC4)cc3)oc12. The highest BCUT2D eigenvalue weighted by Crippen LogP contribution is 2.28. The first kappa shape index (κ1) is 22.1. The fraction of sp³-hybridized carbons (Fsp3) is 0.318. The zero-order chi connectivity index (χ0) is 22.6. The van der Waals surface area contributed by atoms with Gasteiger partial charge >= 0.3 is 0 Å². The molecule has 0 aliphatic carbocycles. The molecule has 170 valence electrons. The molecule has 9 nitrogen and oxygen atoms in total. The lowest BCUT2D eigenvalue weighted by atomic mass is 10.2. The smallest absolute Gasteiger partial charge is 0.287 e. The van der Waals surface area contributed by atoms with E-state index in [0.717, 1.165) is 5.39 Å². The molecule has 10 heteroatoms. The number of carbonyl (C=O) groups excluding carboxylic acids is 1. The lowest BCUT2D eigenvalue weighted by Crippen LogP contribution is -2.40. The van der Waals surface area contributed by atoms with E-state index in [1.54, 1.807) is 31.4 Å². The van der Waals surface area contributed by atoms with Crippen LogP contribution in [-0.2, 0) is 14.8 Å². The van der Waals surface area contributed by atoms with Crippen LogP contribution in [0.5, 0.6) is 11.5 Å². The normalized spacial score (nSPS) is 14.9. The van der Waals surface area contributed by atoms with Gasteiger partial charge in [-0.15, -0.1) is 0 Å². The molecule has 2 heterocycles. The number of furan rings is 1. The number of nitrogens with zero attached hydrogens (tertiary/aromatic N) is 1. The van der Waals surface area contributed by atoms with Crippen molar-refractivity contribution in [2.45, 2.75) is 4.90 Å². The van der Waals surface area contributed by atoms with Crippen LogP contribution in [0.1, 0.15) is 10.6 Å². The fourth-order valence-electron chi connectivity index (χ4n) is 3.37. The summed E-state index contributed by atoms with van der Waals surface area (Å²) in [7, 11) is -2.00. The van der Waals surface area contributed by atoms with Gasteiger partial charge in [0.25, 0.3) is 5.91 Å². The molecule has 1 aliphatic heterocycles. The maximum atomic E-state index is 12.6. The van der Waals surface area contributed by atoms with Gasteiger partial charge in [0.15, 0.2) is 17.1 Å². The Morgan fingerprint density at radius 2 is 1.88 bits per heavy atom. The van der Waals surface area contributed by atoms with Crippen molar-refractivity contribution in [2.24, 2.45) is 0 Å². The molecule has 1 fully saturated rings. The van der Waals surface area contributed by atoms with Gasteiger partial charge in [-0.3, -0.25) is 4.79 Å². The Bertz CT molecular complexity index is 1180. The number of morpholine rings is 1. The molecule has 1 N–H and O–H groups in total. The molecule has 1 aromatic heterocycles. The van der Waals surface area contributed by atoms with Gasteiger partial charge in [-0.05, 0) is 36.4 Å². The number of hydrogen-bond acceptors (Lipinski definition) is 7. The molecular formula is C22H24N2O7S. The lowest BCUT2D eigenvalue weighted by molar-refractivity contribution is 0.0730. The standard InChI is InChI=1S/C22H24N2O7S/c1-28-19-4-2-3-16-15-20(31-21(16)19)22(25)23-9-12-30-17-5-7-18(8-6-17)32(26,27)24-10-13-29-14-11-24/h2-8,15H,9-14H2,1H3,(H,23,25). The van der Waals surface area contributed by atoms with Gasteiger partial charge in [0.1, 0.15) is 12.4 Å². The average Bonchev–Trinajstić information content (AvgIpc) is 3.27. The summed E-state index contributed by atoms with van der Waals surface area (Å²) in [5.74, 6) is 0.888. The first-order valence-electron chi connectivity index (χ1n) is 10.1. The summed E-state index contributed by atoms with van der Waals surface area (Å²) in [6, 6.07) is 13.3. The Morgan fingerprint density at radius 3 is 2.59 bits per heavy atom. The average molecular weight is 461 g/mol. The van der Waals surface area contributed by atoms with Crippen molar-refractivity contribution >= 4 is 26.9 Å². The number of benzene rings is 2. The largest absolute Gasteiger partial charge is 0.493 e. The van der Waals surface area contributed by atoms with Crippen molar-refractivity contribution in [3.05, 3.63) is 54.3 Å².